The second kappa shape index (κ2) is 9.67. The van der Waals surface area contributed by atoms with E-state index in [1.54, 1.807) is 24.3 Å². The number of benzene rings is 1. The predicted octanol–water partition coefficient (Wildman–Crippen LogP) is 2.37. The zero-order valence-corrected chi connectivity index (χ0v) is 13.8. The summed E-state index contributed by atoms with van der Waals surface area (Å²) in [5.74, 6) is 1.68. The minimum Gasteiger partial charge on any atom is -0.491 e. The van der Waals surface area contributed by atoms with Crippen molar-refractivity contribution in [2.75, 3.05) is 32.2 Å². The van der Waals surface area contributed by atoms with Gasteiger partial charge in [-0.3, -0.25) is 4.90 Å². The van der Waals surface area contributed by atoms with E-state index in [-0.39, 0.29) is 6.61 Å². The first-order valence-corrected chi connectivity index (χ1v) is 8.50. The van der Waals surface area contributed by atoms with E-state index in [4.69, 9.17) is 10.00 Å². The molecule has 0 fully saturated rings. The zero-order valence-electron chi connectivity index (χ0n) is 13.0. The molecule has 2 unspecified atom stereocenters. The maximum absolute atomic E-state index is 10.1. The minimum absolute atomic E-state index is 0.231. The fraction of sp³-hybridized carbons (Fsp3) is 0.562. The van der Waals surface area contributed by atoms with E-state index in [2.05, 4.69) is 24.1 Å². The van der Waals surface area contributed by atoms with Gasteiger partial charge < -0.3 is 9.84 Å². The third kappa shape index (κ3) is 6.38. The molecule has 0 heterocycles. The number of aliphatic hydroxyl groups excluding tert-OH is 1. The Bertz CT molecular complexity index is 462. The molecule has 5 heteroatoms. The number of ether oxygens (including phenoxy) is 1. The van der Waals surface area contributed by atoms with Gasteiger partial charge in [0.1, 0.15) is 18.5 Å². The van der Waals surface area contributed by atoms with E-state index >= 15 is 0 Å². The Kier molecular flexibility index (Phi) is 8.21. The largest absolute Gasteiger partial charge is 0.491 e. The molecule has 0 aliphatic heterocycles. The molecule has 2 atom stereocenters. The van der Waals surface area contributed by atoms with Crippen LogP contribution in [0.5, 0.6) is 5.75 Å². The summed E-state index contributed by atoms with van der Waals surface area (Å²) in [7, 11) is 2.03. The maximum Gasteiger partial charge on any atom is 0.120 e. The van der Waals surface area contributed by atoms with Crippen molar-refractivity contribution in [2.45, 2.75) is 25.5 Å². The quantitative estimate of drug-likeness (QED) is 0.759. The van der Waals surface area contributed by atoms with Gasteiger partial charge in [0.15, 0.2) is 0 Å². The number of thioether (sulfide) groups is 1. The molecule has 0 radical (unpaired) electrons. The highest BCUT2D eigenvalue weighted by atomic mass is 32.2. The molecular weight excluding hydrogens is 284 g/mol. The van der Waals surface area contributed by atoms with Crippen molar-refractivity contribution in [2.24, 2.45) is 0 Å². The van der Waals surface area contributed by atoms with Gasteiger partial charge in [0, 0.05) is 18.3 Å². The van der Waals surface area contributed by atoms with Crippen LogP contribution >= 0.6 is 11.8 Å². The Hall–Kier alpha value is -1.22. The Morgan fingerprint density at radius 1 is 1.48 bits per heavy atom. The van der Waals surface area contributed by atoms with Crippen LogP contribution in [-0.2, 0) is 0 Å². The van der Waals surface area contributed by atoms with Crippen molar-refractivity contribution in [1.29, 1.82) is 5.26 Å². The van der Waals surface area contributed by atoms with Crippen LogP contribution < -0.4 is 4.74 Å². The van der Waals surface area contributed by atoms with E-state index in [0.717, 1.165) is 12.2 Å². The number of nitrogens with zero attached hydrogens (tertiary/aromatic N) is 2. The lowest BCUT2D eigenvalue weighted by Gasteiger charge is -2.28. The van der Waals surface area contributed by atoms with Crippen LogP contribution in [0.2, 0.25) is 0 Å². The van der Waals surface area contributed by atoms with Gasteiger partial charge in [0.25, 0.3) is 0 Å². The topological polar surface area (TPSA) is 56.5 Å². The molecule has 1 rings (SSSR count). The van der Waals surface area contributed by atoms with E-state index in [0.29, 0.717) is 23.9 Å². The molecule has 0 bridgehead atoms. The number of hydrogen-bond acceptors (Lipinski definition) is 5. The highest BCUT2D eigenvalue weighted by Crippen LogP contribution is 2.13. The molecule has 0 amide bonds. The van der Waals surface area contributed by atoms with E-state index in [1.807, 2.05) is 18.8 Å². The summed E-state index contributed by atoms with van der Waals surface area (Å²) in [6, 6.07) is 9.51. The molecule has 0 saturated heterocycles. The van der Waals surface area contributed by atoms with E-state index < -0.39 is 6.10 Å². The molecule has 0 aliphatic rings. The summed E-state index contributed by atoms with van der Waals surface area (Å²) in [5, 5.41) is 18.9. The lowest BCUT2D eigenvalue weighted by molar-refractivity contribution is 0.0656. The third-order valence-electron chi connectivity index (χ3n) is 3.36. The predicted molar refractivity (Wildman–Crippen MR) is 87.7 cm³/mol. The molecule has 116 valence electrons. The van der Waals surface area contributed by atoms with Crippen LogP contribution in [-0.4, -0.2) is 54.4 Å². The first-order chi connectivity index (χ1) is 10.1. The molecule has 0 saturated carbocycles. The molecule has 1 aromatic rings. The van der Waals surface area contributed by atoms with Crippen LogP contribution in [0.3, 0.4) is 0 Å². The lowest BCUT2D eigenvalue weighted by Crippen LogP contribution is -2.40. The van der Waals surface area contributed by atoms with Crippen LogP contribution in [0.1, 0.15) is 18.9 Å². The van der Waals surface area contributed by atoms with Gasteiger partial charge in [-0.15, -0.1) is 0 Å². The Morgan fingerprint density at radius 2 is 2.24 bits per heavy atom. The number of nitriles is 1. The summed E-state index contributed by atoms with van der Waals surface area (Å²) in [5.41, 5.74) is 0.560. The summed E-state index contributed by atoms with van der Waals surface area (Å²) >= 11 is 1.82. The van der Waals surface area contributed by atoms with Crippen molar-refractivity contribution in [3.8, 4) is 11.8 Å². The van der Waals surface area contributed by atoms with Gasteiger partial charge in [-0.25, -0.2) is 0 Å². The van der Waals surface area contributed by atoms with Gasteiger partial charge in [-0.05, 0) is 37.9 Å². The van der Waals surface area contributed by atoms with Crippen LogP contribution in [0, 0.1) is 11.3 Å². The Morgan fingerprint density at radius 3 is 2.86 bits per heavy atom. The molecule has 0 aliphatic carbocycles. The molecule has 1 N–H and O–H groups in total. The molecule has 4 nitrogen and oxygen atoms in total. The first kappa shape index (κ1) is 17.8. The lowest BCUT2D eigenvalue weighted by atomic mass is 10.2. The van der Waals surface area contributed by atoms with Gasteiger partial charge in [0.2, 0.25) is 0 Å². The SMILES string of the molecule is CCC(CSC)N(C)CC(O)COc1cccc(C#N)c1. The summed E-state index contributed by atoms with van der Waals surface area (Å²) in [4.78, 5) is 2.18. The summed E-state index contributed by atoms with van der Waals surface area (Å²) in [6.07, 6.45) is 2.62. The Balaban J connectivity index is 2.42. The standard InChI is InChI=1S/C16H24N2O2S/c1-4-14(12-21-3)18(2)10-15(19)11-20-16-7-5-6-13(8-16)9-17/h5-8,14-15,19H,4,10-12H2,1-3H3. The molecule has 1 aromatic carbocycles. The average molecular weight is 308 g/mol. The Labute approximate surface area is 131 Å². The van der Waals surface area contributed by atoms with Crippen molar-refractivity contribution in [3.05, 3.63) is 29.8 Å². The number of aliphatic hydroxyl groups is 1. The number of likely N-dealkylation sites (N-methyl/N-ethyl adjacent to an activating group) is 1. The van der Waals surface area contributed by atoms with Crippen LogP contribution in [0.4, 0.5) is 0 Å². The molecule has 0 aromatic heterocycles. The number of hydrogen-bond donors (Lipinski definition) is 1. The smallest absolute Gasteiger partial charge is 0.120 e. The second-order valence-corrected chi connectivity index (χ2v) is 5.97. The fourth-order valence-corrected chi connectivity index (χ4v) is 3.01. The summed E-state index contributed by atoms with van der Waals surface area (Å²) < 4.78 is 5.55. The monoisotopic (exact) mass is 308 g/mol. The minimum atomic E-state index is -0.545. The maximum atomic E-state index is 10.1. The zero-order chi connectivity index (χ0) is 15.7. The summed E-state index contributed by atoms with van der Waals surface area (Å²) in [6.45, 7) is 2.97. The van der Waals surface area contributed by atoms with Crippen molar-refractivity contribution in [3.63, 3.8) is 0 Å². The highest BCUT2D eigenvalue weighted by molar-refractivity contribution is 7.98. The van der Waals surface area contributed by atoms with Crippen molar-refractivity contribution < 1.29 is 9.84 Å². The highest BCUT2D eigenvalue weighted by Gasteiger charge is 2.16. The van der Waals surface area contributed by atoms with Crippen LogP contribution in [0.15, 0.2) is 24.3 Å². The first-order valence-electron chi connectivity index (χ1n) is 7.10. The van der Waals surface area contributed by atoms with Crippen molar-refractivity contribution >= 4 is 11.8 Å². The van der Waals surface area contributed by atoms with Gasteiger partial charge in [0.05, 0.1) is 11.6 Å². The fourth-order valence-electron chi connectivity index (χ4n) is 2.13. The number of rotatable bonds is 9. The molecule has 0 spiro atoms. The van der Waals surface area contributed by atoms with Crippen molar-refractivity contribution in [1.82, 2.24) is 4.90 Å². The molecular formula is C16H24N2O2S. The van der Waals surface area contributed by atoms with Gasteiger partial charge in [-0.1, -0.05) is 13.0 Å². The van der Waals surface area contributed by atoms with Gasteiger partial charge >= 0.3 is 0 Å². The van der Waals surface area contributed by atoms with Gasteiger partial charge in [-0.2, -0.15) is 17.0 Å². The second-order valence-electron chi connectivity index (χ2n) is 5.06. The van der Waals surface area contributed by atoms with Crippen LogP contribution in [0.25, 0.3) is 0 Å². The van der Waals surface area contributed by atoms with E-state index in [1.165, 1.54) is 0 Å². The van der Waals surface area contributed by atoms with E-state index in [9.17, 15) is 5.11 Å². The normalized spacial score (nSPS) is 13.7. The molecule has 21 heavy (non-hydrogen) atoms. The third-order valence-corrected chi connectivity index (χ3v) is 4.08. The average Bonchev–Trinajstić information content (AvgIpc) is 2.50.